The van der Waals surface area contributed by atoms with Crippen LogP contribution in [0.5, 0.6) is 0 Å². The van der Waals surface area contributed by atoms with Crippen molar-refractivity contribution >= 4 is 17.7 Å². The van der Waals surface area contributed by atoms with Crippen LogP contribution in [0.1, 0.15) is 12.5 Å². The van der Waals surface area contributed by atoms with Crippen molar-refractivity contribution in [3.05, 3.63) is 59.4 Å². The Hall–Kier alpha value is -2.93. The molecule has 1 amide bonds. The number of benzene rings is 1. The van der Waals surface area contributed by atoms with Crippen molar-refractivity contribution in [3.63, 3.8) is 0 Å². The molecule has 2 unspecified atom stereocenters. The van der Waals surface area contributed by atoms with Gasteiger partial charge in [-0.1, -0.05) is 30.3 Å². The fourth-order valence-corrected chi connectivity index (χ4v) is 2.97. The van der Waals surface area contributed by atoms with Crippen molar-refractivity contribution in [1.82, 2.24) is 9.80 Å². The fraction of sp³-hybridized carbons (Fsp3) is 0.350. The summed E-state index contributed by atoms with van der Waals surface area (Å²) in [4.78, 5) is 33.3. The van der Waals surface area contributed by atoms with E-state index in [0.29, 0.717) is 5.84 Å². The summed E-state index contributed by atoms with van der Waals surface area (Å²) in [6.07, 6.45) is 2.58. The first-order valence-electron chi connectivity index (χ1n) is 8.64. The quantitative estimate of drug-likeness (QED) is 0.739. The topological polar surface area (TPSA) is 71.4 Å². The van der Waals surface area contributed by atoms with Crippen LogP contribution in [-0.2, 0) is 25.7 Å². The Kier molecular flexibility index (Phi) is 5.41. The molecular formula is C20H23N3O4. The average molecular weight is 369 g/mol. The monoisotopic (exact) mass is 369 g/mol. The number of amides is 1. The highest BCUT2D eigenvalue weighted by molar-refractivity contribution is 6.14. The summed E-state index contributed by atoms with van der Waals surface area (Å²) in [5.41, 5.74) is 2.56. The lowest BCUT2D eigenvalue weighted by atomic mass is 10.0. The maximum absolute atomic E-state index is 13.1. The average Bonchev–Trinajstić information content (AvgIpc) is 2.67. The Morgan fingerprint density at radius 1 is 1.26 bits per heavy atom. The molecule has 2 aliphatic rings. The van der Waals surface area contributed by atoms with Gasteiger partial charge >= 0.3 is 5.97 Å². The Labute approximate surface area is 158 Å². The third kappa shape index (κ3) is 3.78. The molecule has 2 heterocycles. The second-order valence-electron chi connectivity index (χ2n) is 6.62. The van der Waals surface area contributed by atoms with Gasteiger partial charge in [-0.25, -0.2) is 9.79 Å². The SMILES string of the molecule is COC(=O)C1N=C2C(C)=CC(N(C)C)=CN2C(=O)C1OCc1ccccc1. The van der Waals surface area contributed by atoms with E-state index in [-0.39, 0.29) is 12.5 Å². The van der Waals surface area contributed by atoms with Crippen molar-refractivity contribution in [1.29, 1.82) is 0 Å². The number of likely N-dealkylation sites (N-methyl/N-ethyl adjacent to an activating group) is 1. The van der Waals surface area contributed by atoms with Gasteiger partial charge < -0.3 is 14.4 Å². The van der Waals surface area contributed by atoms with Gasteiger partial charge in [0.05, 0.1) is 19.4 Å². The number of esters is 1. The standard InChI is InChI=1S/C20H23N3O4/c1-13-10-15(22(2)3)11-23-18(13)21-16(20(25)26-4)17(19(23)24)27-12-14-8-6-5-7-9-14/h5-11,16-17H,12H2,1-4H3. The minimum Gasteiger partial charge on any atom is -0.467 e. The zero-order valence-electron chi connectivity index (χ0n) is 15.9. The smallest absolute Gasteiger partial charge is 0.333 e. The fourth-order valence-electron chi connectivity index (χ4n) is 2.97. The summed E-state index contributed by atoms with van der Waals surface area (Å²) in [6.45, 7) is 2.05. The molecule has 2 aliphatic heterocycles. The summed E-state index contributed by atoms with van der Waals surface area (Å²) in [7, 11) is 5.07. The molecule has 0 saturated carbocycles. The van der Waals surface area contributed by atoms with Crippen LogP contribution in [-0.4, -0.2) is 60.9 Å². The first-order chi connectivity index (χ1) is 12.9. The van der Waals surface area contributed by atoms with E-state index >= 15 is 0 Å². The van der Waals surface area contributed by atoms with Crippen LogP contribution in [0.2, 0.25) is 0 Å². The van der Waals surface area contributed by atoms with Gasteiger partial charge in [-0.15, -0.1) is 0 Å². The molecule has 0 fully saturated rings. The number of hydrogen-bond donors (Lipinski definition) is 0. The number of rotatable bonds is 5. The van der Waals surface area contributed by atoms with E-state index in [0.717, 1.165) is 16.8 Å². The van der Waals surface area contributed by atoms with Gasteiger partial charge in [-0.05, 0) is 24.1 Å². The van der Waals surface area contributed by atoms with Crippen LogP contribution in [0.15, 0.2) is 58.9 Å². The number of amidine groups is 1. The van der Waals surface area contributed by atoms with E-state index < -0.39 is 18.1 Å². The van der Waals surface area contributed by atoms with Crippen molar-refractivity contribution in [2.75, 3.05) is 21.2 Å². The largest absolute Gasteiger partial charge is 0.467 e. The number of carbonyl (C=O) groups excluding carboxylic acids is 2. The van der Waals surface area contributed by atoms with Gasteiger partial charge in [0.2, 0.25) is 0 Å². The Morgan fingerprint density at radius 3 is 2.59 bits per heavy atom. The lowest BCUT2D eigenvalue weighted by Gasteiger charge is -2.36. The Morgan fingerprint density at radius 2 is 1.96 bits per heavy atom. The van der Waals surface area contributed by atoms with Crippen molar-refractivity contribution in [2.24, 2.45) is 4.99 Å². The molecule has 0 N–H and O–H groups in total. The van der Waals surface area contributed by atoms with E-state index in [2.05, 4.69) is 4.99 Å². The van der Waals surface area contributed by atoms with Crippen molar-refractivity contribution < 1.29 is 19.1 Å². The molecule has 27 heavy (non-hydrogen) atoms. The molecule has 142 valence electrons. The zero-order valence-corrected chi connectivity index (χ0v) is 15.9. The van der Waals surface area contributed by atoms with Crippen molar-refractivity contribution in [3.8, 4) is 0 Å². The minimum atomic E-state index is -1.05. The van der Waals surface area contributed by atoms with Gasteiger partial charge in [-0.3, -0.25) is 9.69 Å². The molecule has 7 nitrogen and oxygen atoms in total. The maximum Gasteiger partial charge on any atom is 0.333 e. The predicted molar refractivity (Wildman–Crippen MR) is 101 cm³/mol. The van der Waals surface area contributed by atoms with E-state index in [1.165, 1.54) is 12.0 Å². The van der Waals surface area contributed by atoms with Crippen LogP contribution in [0.25, 0.3) is 0 Å². The van der Waals surface area contributed by atoms with E-state index in [1.54, 1.807) is 6.20 Å². The highest BCUT2D eigenvalue weighted by Gasteiger charge is 2.44. The molecule has 0 saturated heterocycles. The summed E-state index contributed by atoms with van der Waals surface area (Å²) in [6, 6.07) is 8.44. The molecule has 0 aliphatic carbocycles. The number of carbonyl (C=O) groups is 2. The van der Waals surface area contributed by atoms with E-state index in [1.807, 2.05) is 62.3 Å². The van der Waals surface area contributed by atoms with Crippen LogP contribution in [0, 0.1) is 0 Å². The zero-order chi connectivity index (χ0) is 19.6. The number of ether oxygens (including phenoxy) is 2. The second kappa shape index (κ2) is 7.75. The molecule has 7 heteroatoms. The van der Waals surface area contributed by atoms with Gasteiger partial charge in [-0.2, -0.15) is 0 Å². The first-order valence-corrected chi connectivity index (χ1v) is 8.64. The summed E-state index contributed by atoms with van der Waals surface area (Å²) < 4.78 is 10.7. The number of hydrogen-bond acceptors (Lipinski definition) is 6. The van der Waals surface area contributed by atoms with E-state index in [4.69, 9.17) is 9.47 Å². The first kappa shape index (κ1) is 18.8. The lowest BCUT2D eigenvalue weighted by molar-refractivity contribution is -0.155. The van der Waals surface area contributed by atoms with E-state index in [9.17, 15) is 9.59 Å². The third-order valence-electron chi connectivity index (χ3n) is 4.47. The predicted octanol–water partition coefficient (Wildman–Crippen LogP) is 1.72. The Balaban J connectivity index is 1.93. The summed E-state index contributed by atoms with van der Waals surface area (Å²) in [5.74, 6) is -0.484. The molecular weight excluding hydrogens is 346 g/mol. The second-order valence-corrected chi connectivity index (χ2v) is 6.62. The van der Waals surface area contributed by atoms with Crippen LogP contribution < -0.4 is 0 Å². The van der Waals surface area contributed by atoms with Crippen LogP contribution >= 0.6 is 0 Å². The number of nitrogens with zero attached hydrogens (tertiary/aromatic N) is 3. The Bertz CT molecular complexity index is 827. The van der Waals surface area contributed by atoms with Crippen LogP contribution in [0.3, 0.4) is 0 Å². The third-order valence-corrected chi connectivity index (χ3v) is 4.47. The van der Waals surface area contributed by atoms with Crippen molar-refractivity contribution in [2.45, 2.75) is 25.7 Å². The maximum atomic E-state index is 13.1. The molecule has 0 spiro atoms. The number of fused-ring (bicyclic) bond motifs is 1. The molecule has 0 aromatic heterocycles. The van der Waals surface area contributed by atoms with Crippen LogP contribution in [0.4, 0.5) is 0 Å². The molecule has 2 atom stereocenters. The number of methoxy groups -OCH3 is 1. The molecule has 1 aromatic rings. The highest BCUT2D eigenvalue weighted by atomic mass is 16.5. The molecule has 1 aromatic carbocycles. The summed E-state index contributed by atoms with van der Waals surface area (Å²) in [5, 5.41) is 0. The van der Waals surface area contributed by atoms with Gasteiger partial charge in [0, 0.05) is 20.3 Å². The number of allylic oxidation sites excluding steroid dienone is 1. The van der Waals surface area contributed by atoms with Gasteiger partial charge in [0.1, 0.15) is 5.84 Å². The summed E-state index contributed by atoms with van der Waals surface area (Å²) >= 11 is 0. The molecule has 0 bridgehead atoms. The number of aliphatic imine (C=N–C) groups is 1. The molecule has 0 radical (unpaired) electrons. The van der Waals surface area contributed by atoms with Gasteiger partial charge in [0.15, 0.2) is 12.1 Å². The highest BCUT2D eigenvalue weighted by Crippen LogP contribution is 2.26. The normalized spacial score (nSPS) is 21.7. The minimum absolute atomic E-state index is 0.197. The van der Waals surface area contributed by atoms with Gasteiger partial charge in [0.25, 0.3) is 5.91 Å². The molecule has 3 rings (SSSR count). The lowest BCUT2D eigenvalue weighted by Crippen LogP contribution is -2.54.